The Bertz CT molecular complexity index is 686. The zero-order chi connectivity index (χ0) is 16.1. The summed E-state index contributed by atoms with van der Waals surface area (Å²) in [5.74, 6) is -1.57. The van der Waals surface area contributed by atoms with Crippen molar-refractivity contribution >= 4 is 11.9 Å². The Hall–Kier alpha value is -2.76. The van der Waals surface area contributed by atoms with Crippen molar-refractivity contribution in [1.29, 1.82) is 0 Å². The van der Waals surface area contributed by atoms with E-state index in [9.17, 15) is 14.7 Å². The predicted molar refractivity (Wildman–Crippen MR) is 80.7 cm³/mol. The molecule has 114 valence electrons. The quantitative estimate of drug-likeness (QED) is 0.876. The van der Waals surface area contributed by atoms with Crippen LogP contribution in [0.15, 0.2) is 36.5 Å². The molecule has 0 spiro atoms. The van der Waals surface area contributed by atoms with E-state index in [2.05, 4.69) is 15.3 Å². The van der Waals surface area contributed by atoms with E-state index in [0.717, 1.165) is 0 Å². The van der Waals surface area contributed by atoms with Gasteiger partial charge in [-0.05, 0) is 19.4 Å². The molecule has 6 heteroatoms. The number of nitrogens with one attached hydrogen (secondary N) is 1. The van der Waals surface area contributed by atoms with E-state index in [1.165, 1.54) is 6.20 Å². The zero-order valence-corrected chi connectivity index (χ0v) is 12.4. The molecule has 2 aromatic rings. The fourth-order valence-electron chi connectivity index (χ4n) is 2.13. The maximum atomic E-state index is 12.2. The summed E-state index contributed by atoms with van der Waals surface area (Å²) in [6.45, 7) is 3.46. The Morgan fingerprint density at radius 2 is 1.91 bits per heavy atom. The number of nitrogens with zero attached hydrogens (tertiary/aromatic N) is 2. The number of carboxylic acid groups (broad SMARTS) is 1. The summed E-state index contributed by atoms with van der Waals surface area (Å²) >= 11 is 0. The van der Waals surface area contributed by atoms with Crippen molar-refractivity contribution < 1.29 is 14.7 Å². The van der Waals surface area contributed by atoms with Crippen molar-refractivity contribution in [3.8, 4) is 0 Å². The van der Waals surface area contributed by atoms with Gasteiger partial charge in [-0.1, -0.05) is 30.3 Å². The molecule has 0 aliphatic carbocycles. The van der Waals surface area contributed by atoms with Crippen LogP contribution in [-0.4, -0.2) is 33.5 Å². The van der Waals surface area contributed by atoms with Crippen LogP contribution < -0.4 is 5.32 Å². The highest BCUT2D eigenvalue weighted by Crippen LogP contribution is 2.15. The molecule has 1 aromatic carbocycles. The van der Waals surface area contributed by atoms with E-state index in [4.69, 9.17) is 0 Å². The van der Waals surface area contributed by atoms with Gasteiger partial charge in [0.2, 0.25) is 0 Å². The molecule has 0 aliphatic heterocycles. The van der Waals surface area contributed by atoms with Gasteiger partial charge in [-0.25, -0.2) is 9.97 Å². The minimum Gasteiger partial charge on any atom is -0.481 e. The van der Waals surface area contributed by atoms with Crippen LogP contribution in [0.5, 0.6) is 0 Å². The lowest BCUT2D eigenvalue weighted by atomic mass is 9.99. The number of aliphatic carboxylic acids is 1. The van der Waals surface area contributed by atoms with E-state index in [1.807, 2.05) is 6.07 Å². The summed E-state index contributed by atoms with van der Waals surface area (Å²) in [7, 11) is 0. The highest BCUT2D eigenvalue weighted by Gasteiger charge is 2.21. The van der Waals surface area contributed by atoms with Crippen LogP contribution in [0.2, 0.25) is 0 Å². The van der Waals surface area contributed by atoms with Gasteiger partial charge in [0.15, 0.2) is 0 Å². The minimum absolute atomic E-state index is 0.00545. The van der Waals surface area contributed by atoms with Crippen LogP contribution in [0.4, 0.5) is 0 Å². The van der Waals surface area contributed by atoms with Gasteiger partial charge < -0.3 is 10.4 Å². The molecule has 0 fully saturated rings. The number of hydrogen-bond donors (Lipinski definition) is 2. The van der Waals surface area contributed by atoms with Gasteiger partial charge in [0.05, 0.1) is 17.2 Å². The summed E-state index contributed by atoms with van der Waals surface area (Å²) in [6, 6.07) is 8.81. The fourth-order valence-corrected chi connectivity index (χ4v) is 2.13. The molecular weight excluding hydrogens is 282 g/mol. The zero-order valence-electron chi connectivity index (χ0n) is 12.4. The number of aromatic nitrogens is 2. The number of benzene rings is 1. The van der Waals surface area contributed by atoms with Crippen molar-refractivity contribution in [1.82, 2.24) is 15.3 Å². The van der Waals surface area contributed by atoms with Gasteiger partial charge in [0.1, 0.15) is 5.82 Å². The van der Waals surface area contributed by atoms with Crippen molar-refractivity contribution in [3.63, 3.8) is 0 Å². The number of carbonyl (C=O) groups is 2. The standard InChI is InChI=1S/C16H17N3O3/c1-10-13(8-17-11(2)19-10)15(20)18-9-14(16(21)22)12-6-4-3-5-7-12/h3-8,14H,9H2,1-2H3,(H,18,20)(H,21,22). The molecule has 0 saturated heterocycles. The Labute approximate surface area is 128 Å². The third-order valence-corrected chi connectivity index (χ3v) is 3.31. The first-order chi connectivity index (χ1) is 10.5. The van der Waals surface area contributed by atoms with Gasteiger partial charge >= 0.3 is 5.97 Å². The fraction of sp³-hybridized carbons (Fsp3) is 0.250. The highest BCUT2D eigenvalue weighted by molar-refractivity contribution is 5.95. The van der Waals surface area contributed by atoms with E-state index in [1.54, 1.807) is 38.1 Å². The first-order valence-corrected chi connectivity index (χ1v) is 6.85. The van der Waals surface area contributed by atoms with Crippen molar-refractivity contribution in [2.75, 3.05) is 6.54 Å². The predicted octanol–water partition coefficient (Wildman–Crippen LogP) is 1.69. The first kappa shape index (κ1) is 15.6. The SMILES string of the molecule is Cc1ncc(C(=O)NCC(C(=O)O)c2ccccc2)c(C)n1. The average molecular weight is 299 g/mol. The maximum Gasteiger partial charge on any atom is 0.312 e. The molecule has 0 saturated carbocycles. The monoisotopic (exact) mass is 299 g/mol. The smallest absolute Gasteiger partial charge is 0.312 e. The van der Waals surface area contributed by atoms with Gasteiger partial charge in [0.25, 0.3) is 5.91 Å². The second-order valence-electron chi connectivity index (χ2n) is 4.93. The molecule has 0 aliphatic rings. The van der Waals surface area contributed by atoms with Gasteiger partial charge in [-0.15, -0.1) is 0 Å². The summed E-state index contributed by atoms with van der Waals surface area (Å²) < 4.78 is 0. The molecular formula is C16H17N3O3. The number of carbonyl (C=O) groups excluding carboxylic acids is 1. The van der Waals surface area contributed by atoms with E-state index >= 15 is 0 Å². The molecule has 1 atom stereocenters. The number of rotatable bonds is 5. The van der Waals surface area contributed by atoms with E-state index in [0.29, 0.717) is 22.6 Å². The summed E-state index contributed by atoms with van der Waals surface area (Å²) in [5, 5.41) is 12.0. The van der Waals surface area contributed by atoms with Crippen LogP contribution in [0.3, 0.4) is 0 Å². The normalized spacial score (nSPS) is 11.7. The Kier molecular flexibility index (Phi) is 4.83. The summed E-state index contributed by atoms with van der Waals surface area (Å²) in [5.41, 5.74) is 1.56. The van der Waals surface area contributed by atoms with Crippen molar-refractivity contribution in [2.24, 2.45) is 0 Å². The molecule has 22 heavy (non-hydrogen) atoms. The summed E-state index contributed by atoms with van der Waals surface area (Å²) in [6.07, 6.45) is 1.45. The van der Waals surface area contributed by atoms with Gasteiger partial charge in [0, 0.05) is 12.7 Å². The third-order valence-electron chi connectivity index (χ3n) is 3.31. The molecule has 1 amide bonds. The Balaban J connectivity index is 2.10. The molecule has 1 aromatic heterocycles. The highest BCUT2D eigenvalue weighted by atomic mass is 16.4. The molecule has 0 bridgehead atoms. The number of aryl methyl sites for hydroxylation is 2. The van der Waals surface area contributed by atoms with Gasteiger partial charge in [-0.2, -0.15) is 0 Å². The number of hydrogen-bond acceptors (Lipinski definition) is 4. The van der Waals surface area contributed by atoms with Crippen LogP contribution in [0.1, 0.15) is 33.4 Å². The molecule has 0 radical (unpaired) electrons. The lowest BCUT2D eigenvalue weighted by Crippen LogP contribution is -2.32. The van der Waals surface area contributed by atoms with Crippen LogP contribution in [0.25, 0.3) is 0 Å². The number of amides is 1. The summed E-state index contributed by atoms with van der Waals surface area (Å²) in [4.78, 5) is 31.7. The second-order valence-corrected chi connectivity index (χ2v) is 4.93. The van der Waals surface area contributed by atoms with Crippen molar-refractivity contribution in [2.45, 2.75) is 19.8 Å². The van der Waals surface area contributed by atoms with Crippen LogP contribution >= 0.6 is 0 Å². The molecule has 2 N–H and O–H groups in total. The lowest BCUT2D eigenvalue weighted by molar-refractivity contribution is -0.138. The van der Waals surface area contributed by atoms with E-state index < -0.39 is 11.9 Å². The Morgan fingerprint density at radius 1 is 1.23 bits per heavy atom. The topological polar surface area (TPSA) is 92.2 Å². The molecule has 2 rings (SSSR count). The van der Waals surface area contributed by atoms with Gasteiger partial charge in [-0.3, -0.25) is 9.59 Å². The van der Waals surface area contributed by atoms with Crippen LogP contribution in [0, 0.1) is 13.8 Å². The molecule has 1 heterocycles. The van der Waals surface area contributed by atoms with E-state index in [-0.39, 0.29) is 12.5 Å². The molecule has 6 nitrogen and oxygen atoms in total. The largest absolute Gasteiger partial charge is 0.481 e. The molecule has 1 unspecified atom stereocenters. The first-order valence-electron chi connectivity index (χ1n) is 6.85. The number of carboxylic acids is 1. The Morgan fingerprint density at radius 3 is 2.50 bits per heavy atom. The van der Waals surface area contributed by atoms with Crippen molar-refractivity contribution in [3.05, 3.63) is 59.2 Å². The third kappa shape index (κ3) is 3.66. The minimum atomic E-state index is -0.983. The maximum absolute atomic E-state index is 12.2. The average Bonchev–Trinajstić information content (AvgIpc) is 2.48. The van der Waals surface area contributed by atoms with Crippen LogP contribution in [-0.2, 0) is 4.79 Å². The second kappa shape index (κ2) is 6.80. The lowest BCUT2D eigenvalue weighted by Gasteiger charge is -2.14.